The highest BCUT2D eigenvalue weighted by Gasteiger charge is 2.37. The summed E-state index contributed by atoms with van der Waals surface area (Å²) in [5.74, 6) is 0.286. The quantitative estimate of drug-likeness (QED) is 0.378. The van der Waals surface area contributed by atoms with E-state index in [0.717, 1.165) is 0 Å². The molecule has 1 aromatic carbocycles. The molecule has 28 heavy (non-hydrogen) atoms. The maximum absolute atomic E-state index is 12.4. The molecule has 2 aromatic rings. The molecule has 1 aromatic heterocycles. The van der Waals surface area contributed by atoms with Crippen molar-refractivity contribution in [3.05, 3.63) is 58.6 Å². The Labute approximate surface area is 170 Å². The summed E-state index contributed by atoms with van der Waals surface area (Å²) < 4.78 is 12.8. The van der Waals surface area contributed by atoms with Crippen molar-refractivity contribution in [3.8, 4) is 0 Å². The third-order valence-corrected chi connectivity index (χ3v) is 5.69. The molecular formula is C18H21N3O5S2. The standard InChI is InChI=1S/C18H21N3O5S2/c1-27-28-11-25-13-9-16(26-14(13)10-22)21-8-7-15(20-18(21)24)19-17(23)12-5-3-2-4-6-12/h2-8,13-14,16,22H,9-11H2,1H3,(H,19,20,23,24)/t13-,14-,16-/m1/s1. The lowest BCUT2D eigenvalue weighted by atomic mass is 10.2. The summed E-state index contributed by atoms with van der Waals surface area (Å²) in [7, 11) is 3.14. The van der Waals surface area contributed by atoms with E-state index in [1.165, 1.54) is 16.8 Å². The first-order chi connectivity index (χ1) is 13.6. The predicted molar refractivity (Wildman–Crippen MR) is 109 cm³/mol. The molecule has 1 amide bonds. The van der Waals surface area contributed by atoms with Gasteiger partial charge in [0.25, 0.3) is 5.91 Å². The Morgan fingerprint density at radius 3 is 2.86 bits per heavy atom. The Bertz CT molecular complexity index is 849. The van der Waals surface area contributed by atoms with Crippen LogP contribution in [0.25, 0.3) is 0 Å². The highest BCUT2D eigenvalue weighted by Crippen LogP contribution is 2.31. The van der Waals surface area contributed by atoms with Gasteiger partial charge in [-0.3, -0.25) is 9.36 Å². The van der Waals surface area contributed by atoms with E-state index in [-0.39, 0.29) is 24.4 Å². The Hall–Kier alpha value is -1.85. The van der Waals surface area contributed by atoms with E-state index in [2.05, 4.69) is 10.3 Å². The highest BCUT2D eigenvalue weighted by molar-refractivity contribution is 8.76. The number of benzene rings is 1. The van der Waals surface area contributed by atoms with Crippen molar-refractivity contribution >= 4 is 33.3 Å². The number of carbonyl (C=O) groups excluding carboxylic acids is 1. The van der Waals surface area contributed by atoms with Crippen LogP contribution in [0, 0.1) is 0 Å². The SMILES string of the molecule is CSSCO[C@@H]1C[C@H](n2ccc(NC(=O)c3ccccc3)nc2=O)O[C@@H]1CO. The van der Waals surface area contributed by atoms with E-state index in [1.54, 1.807) is 45.9 Å². The average molecular weight is 424 g/mol. The fraction of sp³-hybridized carbons (Fsp3) is 0.389. The van der Waals surface area contributed by atoms with Crippen LogP contribution in [0.3, 0.4) is 0 Å². The molecule has 0 unspecified atom stereocenters. The van der Waals surface area contributed by atoms with Gasteiger partial charge in [0, 0.05) is 18.2 Å². The molecule has 1 aliphatic heterocycles. The summed E-state index contributed by atoms with van der Waals surface area (Å²) >= 11 is 0. The zero-order valence-corrected chi connectivity index (χ0v) is 16.8. The van der Waals surface area contributed by atoms with Crippen LogP contribution in [0.5, 0.6) is 0 Å². The molecule has 2 N–H and O–H groups in total. The number of aliphatic hydroxyl groups excluding tert-OH is 1. The zero-order valence-electron chi connectivity index (χ0n) is 15.2. The third-order valence-electron chi connectivity index (χ3n) is 4.23. The van der Waals surface area contributed by atoms with Crippen molar-refractivity contribution in [1.29, 1.82) is 0 Å². The van der Waals surface area contributed by atoms with Gasteiger partial charge >= 0.3 is 5.69 Å². The van der Waals surface area contributed by atoms with Crippen LogP contribution in [-0.2, 0) is 9.47 Å². The molecule has 10 heteroatoms. The second kappa shape index (κ2) is 10.1. The normalized spacial score (nSPS) is 21.6. The van der Waals surface area contributed by atoms with Crippen molar-refractivity contribution in [3.63, 3.8) is 0 Å². The number of nitrogens with one attached hydrogen (secondary N) is 1. The minimum Gasteiger partial charge on any atom is -0.394 e. The predicted octanol–water partition coefficient (Wildman–Crippen LogP) is 2.13. The number of aromatic nitrogens is 2. The minimum absolute atomic E-state index is 0.163. The fourth-order valence-corrected chi connectivity index (χ4v) is 3.64. The van der Waals surface area contributed by atoms with Gasteiger partial charge in [0.15, 0.2) is 0 Å². The third kappa shape index (κ3) is 5.15. The van der Waals surface area contributed by atoms with Crippen LogP contribution in [-0.4, -0.2) is 51.6 Å². The van der Waals surface area contributed by atoms with E-state index in [0.29, 0.717) is 17.9 Å². The highest BCUT2D eigenvalue weighted by atomic mass is 33.1. The van der Waals surface area contributed by atoms with Gasteiger partial charge in [-0.05, 0) is 24.5 Å². The molecule has 1 saturated heterocycles. The molecule has 2 heterocycles. The van der Waals surface area contributed by atoms with Crippen molar-refractivity contribution in [2.75, 3.05) is 24.1 Å². The first-order valence-corrected chi connectivity index (χ1v) is 11.3. The molecule has 0 radical (unpaired) electrons. The Balaban J connectivity index is 1.67. The number of rotatable bonds is 8. The van der Waals surface area contributed by atoms with E-state index in [4.69, 9.17) is 9.47 Å². The van der Waals surface area contributed by atoms with Gasteiger partial charge in [-0.25, -0.2) is 4.79 Å². The monoisotopic (exact) mass is 423 g/mol. The molecule has 3 atom stereocenters. The first-order valence-electron chi connectivity index (χ1n) is 8.61. The second-order valence-electron chi connectivity index (χ2n) is 5.98. The van der Waals surface area contributed by atoms with Gasteiger partial charge in [0.2, 0.25) is 0 Å². The summed E-state index contributed by atoms with van der Waals surface area (Å²) in [5, 5.41) is 12.1. The number of nitrogens with zero attached hydrogens (tertiary/aromatic N) is 2. The van der Waals surface area contributed by atoms with Gasteiger partial charge in [0.1, 0.15) is 24.1 Å². The van der Waals surface area contributed by atoms with Crippen LogP contribution >= 0.6 is 21.6 Å². The summed E-state index contributed by atoms with van der Waals surface area (Å²) in [6.07, 6.45) is 2.51. The van der Waals surface area contributed by atoms with Crippen molar-refractivity contribution in [2.45, 2.75) is 24.9 Å². The van der Waals surface area contributed by atoms with Crippen molar-refractivity contribution in [2.24, 2.45) is 0 Å². The molecule has 1 fully saturated rings. The number of hydrogen-bond donors (Lipinski definition) is 2. The van der Waals surface area contributed by atoms with Crippen LogP contribution in [0.15, 0.2) is 47.4 Å². The number of hydrogen-bond acceptors (Lipinski definition) is 8. The molecule has 0 spiro atoms. The molecule has 8 nitrogen and oxygen atoms in total. The largest absolute Gasteiger partial charge is 0.394 e. The van der Waals surface area contributed by atoms with E-state index in [9.17, 15) is 14.7 Å². The summed E-state index contributed by atoms with van der Waals surface area (Å²) in [5.41, 5.74) is -0.0758. The molecule has 1 aliphatic rings. The lowest BCUT2D eigenvalue weighted by Gasteiger charge is -2.16. The van der Waals surface area contributed by atoms with Gasteiger partial charge < -0.3 is 19.9 Å². The topological polar surface area (TPSA) is 103 Å². The Morgan fingerprint density at radius 2 is 2.18 bits per heavy atom. The van der Waals surface area contributed by atoms with Gasteiger partial charge in [-0.2, -0.15) is 4.98 Å². The lowest BCUT2D eigenvalue weighted by molar-refractivity contribution is -0.0553. The number of anilines is 1. The van der Waals surface area contributed by atoms with Crippen LogP contribution in [0.1, 0.15) is 23.0 Å². The maximum Gasteiger partial charge on any atom is 0.351 e. The maximum atomic E-state index is 12.4. The van der Waals surface area contributed by atoms with Gasteiger partial charge in [-0.1, -0.05) is 39.8 Å². The summed E-state index contributed by atoms with van der Waals surface area (Å²) in [4.78, 5) is 28.5. The summed E-state index contributed by atoms with van der Waals surface area (Å²) in [6.45, 7) is -0.196. The van der Waals surface area contributed by atoms with Crippen LogP contribution in [0.2, 0.25) is 0 Å². The molecule has 0 aliphatic carbocycles. The second-order valence-corrected chi connectivity index (χ2v) is 8.49. The molecule has 3 rings (SSSR count). The number of ether oxygens (including phenoxy) is 2. The van der Waals surface area contributed by atoms with Crippen molar-refractivity contribution in [1.82, 2.24) is 9.55 Å². The number of carbonyl (C=O) groups is 1. The number of amides is 1. The minimum atomic E-state index is -0.583. The van der Waals surface area contributed by atoms with E-state index < -0.39 is 18.0 Å². The fourth-order valence-electron chi connectivity index (χ4n) is 2.85. The Kier molecular flexibility index (Phi) is 7.51. The zero-order chi connectivity index (χ0) is 19.9. The van der Waals surface area contributed by atoms with E-state index >= 15 is 0 Å². The average Bonchev–Trinajstić information content (AvgIpc) is 3.12. The Morgan fingerprint density at radius 1 is 1.39 bits per heavy atom. The van der Waals surface area contributed by atoms with Crippen LogP contribution < -0.4 is 11.0 Å². The van der Waals surface area contributed by atoms with Crippen molar-refractivity contribution < 1.29 is 19.4 Å². The summed E-state index contributed by atoms with van der Waals surface area (Å²) in [6, 6.07) is 10.2. The molecule has 0 bridgehead atoms. The van der Waals surface area contributed by atoms with Gasteiger partial charge in [-0.15, -0.1) is 0 Å². The van der Waals surface area contributed by atoms with Crippen LogP contribution in [0.4, 0.5) is 5.82 Å². The number of aliphatic hydroxyl groups is 1. The van der Waals surface area contributed by atoms with E-state index in [1.807, 2.05) is 12.3 Å². The smallest absolute Gasteiger partial charge is 0.351 e. The molecule has 0 saturated carbocycles. The first kappa shape index (κ1) is 20.9. The molecule has 150 valence electrons. The lowest BCUT2D eigenvalue weighted by Crippen LogP contribution is -2.29. The van der Waals surface area contributed by atoms with Gasteiger partial charge in [0.05, 0.1) is 12.7 Å². The molecular weight excluding hydrogens is 402 g/mol.